The van der Waals surface area contributed by atoms with Gasteiger partial charge in [0.05, 0.1) is 6.61 Å². The maximum Gasteiger partial charge on any atom is 0.324 e. The molecule has 0 unspecified atom stereocenters. The molecule has 1 aromatic rings. The summed E-state index contributed by atoms with van der Waals surface area (Å²) in [5.41, 5.74) is 1.10. The van der Waals surface area contributed by atoms with Crippen molar-refractivity contribution in [3.05, 3.63) is 29.8 Å². The summed E-state index contributed by atoms with van der Waals surface area (Å²) in [6, 6.07) is 7.20. The van der Waals surface area contributed by atoms with E-state index in [1.54, 1.807) is 0 Å². The van der Waals surface area contributed by atoms with E-state index in [1.807, 2.05) is 31.2 Å². The standard InChI is InChI=1S/C16H20N2O5/c1-12-4-2-5-13(10-12)22-9-3-6-15(20)23-11-14(19)18-8-7-17-16(18)21/h2,4-5,10H,3,6-9,11H2,1H3,(H,17,21). The minimum Gasteiger partial charge on any atom is -0.494 e. The molecule has 1 aliphatic heterocycles. The van der Waals surface area contributed by atoms with Gasteiger partial charge >= 0.3 is 12.0 Å². The van der Waals surface area contributed by atoms with Gasteiger partial charge in [0.25, 0.3) is 5.91 Å². The third kappa shape index (κ3) is 5.28. The van der Waals surface area contributed by atoms with E-state index in [9.17, 15) is 14.4 Å². The molecule has 2 rings (SSSR count). The number of ether oxygens (including phenoxy) is 2. The molecule has 0 bridgehead atoms. The Balaban J connectivity index is 1.60. The van der Waals surface area contributed by atoms with Crippen molar-refractivity contribution >= 4 is 17.9 Å². The van der Waals surface area contributed by atoms with Gasteiger partial charge in [-0.15, -0.1) is 0 Å². The van der Waals surface area contributed by atoms with Gasteiger partial charge in [0.1, 0.15) is 5.75 Å². The highest BCUT2D eigenvalue weighted by molar-refractivity contribution is 5.96. The zero-order valence-corrected chi connectivity index (χ0v) is 13.0. The number of carbonyl (C=O) groups excluding carboxylic acids is 3. The van der Waals surface area contributed by atoms with E-state index >= 15 is 0 Å². The van der Waals surface area contributed by atoms with Crippen LogP contribution in [0.4, 0.5) is 4.79 Å². The van der Waals surface area contributed by atoms with Crippen LogP contribution in [0.15, 0.2) is 24.3 Å². The van der Waals surface area contributed by atoms with Gasteiger partial charge in [0, 0.05) is 19.5 Å². The van der Waals surface area contributed by atoms with Crippen LogP contribution in [-0.2, 0) is 14.3 Å². The second kappa shape index (κ2) is 8.17. The zero-order chi connectivity index (χ0) is 16.7. The number of aryl methyl sites for hydroxylation is 1. The number of hydrogen-bond acceptors (Lipinski definition) is 5. The molecular formula is C16H20N2O5. The van der Waals surface area contributed by atoms with Crippen molar-refractivity contribution in [2.24, 2.45) is 0 Å². The summed E-state index contributed by atoms with van der Waals surface area (Å²) in [4.78, 5) is 35.5. The summed E-state index contributed by atoms with van der Waals surface area (Å²) in [5, 5.41) is 2.51. The maximum absolute atomic E-state index is 11.7. The van der Waals surface area contributed by atoms with Gasteiger partial charge in [-0.3, -0.25) is 14.5 Å². The molecule has 1 saturated heterocycles. The van der Waals surface area contributed by atoms with Crippen molar-refractivity contribution in [2.45, 2.75) is 19.8 Å². The molecule has 1 heterocycles. The van der Waals surface area contributed by atoms with E-state index in [2.05, 4.69) is 5.32 Å². The van der Waals surface area contributed by atoms with Crippen LogP contribution in [0.25, 0.3) is 0 Å². The number of imide groups is 1. The van der Waals surface area contributed by atoms with E-state index in [0.29, 0.717) is 26.1 Å². The molecule has 1 aromatic carbocycles. The Hall–Kier alpha value is -2.57. The lowest BCUT2D eigenvalue weighted by molar-refractivity contribution is -0.150. The molecule has 0 spiro atoms. The number of benzene rings is 1. The van der Waals surface area contributed by atoms with Gasteiger partial charge in [-0.05, 0) is 31.0 Å². The highest BCUT2D eigenvalue weighted by Gasteiger charge is 2.26. The molecule has 0 aliphatic carbocycles. The van der Waals surface area contributed by atoms with E-state index < -0.39 is 24.5 Å². The smallest absolute Gasteiger partial charge is 0.324 e. The monoisotopic (exact) mass is 320 g/mol. The van der Waals surface area contributed by atoms with Gasteiger partial charge in [-0.1, -0.05) is 12.1 Å². The zero-order valence-electron chi connectivity index (χ0n) is 13.0. The van der Waals surface area contributed by atoms with Crippen LogP contribution in [0.5, 0.6) is 5.75 Å². The SMILES string of the molecule is Cc1cccc(OCCCC(=O)OCC(=O)N2CCNC2=O)c1. The number of nitrogens with zero attached hydrogens (tertiary/aromatic N) is 1. The van der Waals surface area contributed by atoms with Crippen LogP contribution in [0, 0.1) is 6.92 Å². The number of urea groups is 1. The van der Waals surface area contributed by atoms with Crippen LogP contribution >= 0.6 is 0 Å². The lowest BCUT2D eigenvalue weighted by Gasteiger charge is -2.12. The van der Waals surface area contributed by atoms with Gasteiger partial charge < -0.3 is 14.8 Å². The predicted octanol–water partition coefficient (Wildman–Crippen LogP) is 1.25. The summed E-state index contributed by atoms with van der Waals surface area (Å²) >= 11 is 0. The van der Waals surface area contributed by atoms with Crippen molar-refractivity contribution in [1.82, 2.24) is 10.2 Å². The summed E-state index contributed by atoms with van der Waals surface area (Å²) in [6.45, 7) is 2.68. The lowest BCUT2D eigenvalue weighted by Crippen LogP contribution is -2.37. The minimum absolute atomic E-state index is 0.158. The van der Waals surface area contributed by atoms with Gasteiger partial charge in [-0.2, -0.15) is 0 Å². The molecule has 0 saturated carbocycles. The van der Waals surface area contributed by atoms with Crippen LogP contribution in [0.1, 0.15) is 18.4 Å². The highest BCUT2D eigenvalue weighted by atomic mass is 16.5. The fourth-order valence-corrected chi connectivity index (χ4v) is 2.11. The quantitative estimate of drug-likeness (QED) is 0.604. The fourth-order valence-electron chi connectivity index (χ4n) is 2.11. The molecule has 1 N–H and O–H groups in total. The largest absolute Gasteiger partial charge is 0.494 e. The minimum atomic E-state index is -0.510. The summed E-state index contributed by atoms with van der Waals surface area (Å²) in [5.74, 6) is -0.233. The van der Waals surface area contributed by atoms with Crippen molar-refractivity contribution < 1.29 is 23.9 Å². The van der Waals surface area contributed by atoms with E-state index in [0.717, 1.165) is 16.2 Å². The van der Waals surface area contributed by atoms with Crippen LogP contribution in [0.2, 0.25) is 0 Å². The molecule has 1 aliphatic rings. The molecule has 0 aromatic heterocycles. The molecule has 1 fully saturated rings. The number of carbonyl (C=O) groups is 3. The Morgan fingerprint density at radius 2 is 2.17 bits per heavy atom. The molecule has 7 heteroatoms. The molecular weight excluding hydrogens is 300 g/mol. The first-order valence-electron chi connectivity index (χ1n) is 7.49. The number of amides is 3. The van der Waals surface area contributed by atoms with Crippen molar-refractivity contribution in [1.29, 1.82) is 0 Å². The Bertz CT molecular complexity index is 588. The van der Waals surface area contributed by atoms with Crippen LogP contribution < -0.4 is 10.1 Å². The average Bonchev–Trinajstić information content (AvgIpc) is 2.95. The Labute approximate surface area is 134 Å². The van der Waals surface area contributed by atoms with Gasteiger partial charge in [0.2, 0.25) is 0 Å². The van der Waals surface area contributed by atoms with Crippen LogP contribution in [0.3, 0.4) is 0 Å². The number of nitrogens with one attached hydrogen (secondary N) is 1. The summed E-state index contributed by atoms with van der Waals surface area (Å²) < 4.78 is 10.4. The number of rotatable bonds is 7. The van der Waals surface area contributed by atoms with Crippen molar-refractivity contribution in [3.8, 4) is 5.75 Å². The first-order chi connectivity index (χ1) is 11.1. The fraction of sp³-hybridized carbons (Fsp3) is 0.438. The van der Waals surface area contributed by atoms with Crippen LogP contribution in [-0.4, -0.2) is 49.1 Å². The molecule has 0 radical (unpaired) electrons. The third-order valence-electron chi connectivity index (χ3n) is 3.30. The van der Waals surface area contributed by atoms with E-state index in [-0.39, 0.29) is 6.42 Å². The predicted molar refractivity (Wildman–Crippen MR) is 82.0 cm³/mol. The topological polar surface area (TPSA) is 84.9 Å². The molecule has 7 nitrogen and oxygen atoms in total. The number of esters is 1. The summed E-state index contributed by atoms with van der Waals surface area (Å²) in [7, 11) is 0. The second-order valence-corrected chi connectivity index (χ2v) is 5.21. The first-order valence-corrected chi connectivity index (χ1v) is 7.49. The first kappa shape index (κ1) is 16.8. The van der Waals surface area contributed by atoms with Crippen molar-refractivity contribution in [2.75, 3.05) is 26.3 Å². The molecule has 3 amide bonds. The number of hydrogen-bond donors (Lipinski definition) is 1. The second-order valence-electron chi connectivity index (χ2n) is 5.21. The Morgan fingerprint density at radius 3 is 2.87 bits per heavy atom. The Morgan fingerprint density at radius 1 is 1.35 bits per heavy atom. The average molecular weight is 320 g/mol. The molecule has 23 heavy (non-hydrogen) atoms. The normalized spacial score (nSPS) is 13.6. The van der Waals surface area contributed by atoms with E-state index in [4.69, 9.17) is 9.47 Å². The highest BCUT2D eigenvalue weighted by Crippen LogP contribution is 2.12. The van der Waals surface area contributed by atoms with Gasteiger partial charge in [-0.25, -0.2) is 4.79 Å². The molecule has 0 atom stereocenters. The van der Waals surface area contributed by atoms with E-state index in [1.165, 1.54) is 0 Å². The van der Waals surface area contributed by atoms with Crippen molar-refractivity contribution in [3.63, 3.8) is 0 Å². The molecule has 124 valence electrons. The Kier molecular flexibility index (Phi) is 5.96. The summed E-state index contributed by atoms with van der Waals surface area (Å²) in [6.07, 6.45) is 0.649. The maximum atomic E-state index is 11.7. The van der Waals surface area contributed by atoms with Gasteiger partial charge in [0.15, 0.2) is 6.61 Å². The third-order valence-corrected chi connectivity index (χ3v) is 3.30. The lowest BCUT2D eigenvalue weighted by atomic mass is 10.2.